The zero-order valence-electron chi connectivity index (χ0n) is 20.8. The molecule has 7 heteroatoms. The van der Waals surface area contributed by atoms with E-state index in [2.05, 4.69) is 59.4 Å². The highest BCUT2D eigenvalue weighted by Gasteiger charge is 2.36. The quantitative estimate of drug-likeness (QED) is 0.381. The normalized spacial score (nSPS) is 16.2. The third kappa shape index (κ3) is 7.48. The molecule has 2 amide bonds. The number of nitriles is 1. The van der Waals surface area contributed by atoms with Gasteiger partial charge in [0.1, 0.15) is 0 Å². The van der Waals surface area contributed by atoms with Gasteiger partial charge < -0.3 is 15.5 Å². The predicted octanol–water partition coefficient (Wildman–Crippen LogP) is 6.66. The van der Waals surface area contributed by atoms with E-state index in [1.807, 2.05) is 18.2 Å². The van der Waals surface area contributed by atoms with Crippen LogP contribution in [0.1, 0.15) is 37.8 Å². The topological polar surface area (TPSA) is 68.2 Å². The van der Waals surface area contributed by atoms with Crippen molar-refractivity contribution in [2.45, 2.75) is 32.1 Å². The molecular weight excluding hydrogens is 491 g/mol. The number of halogens is 2. The van der Waals surface area contributed by atoms with Crippen molar-refractivity contribution in [3.05, 3.63) is 94.2 Å². The lowest BCUT2D eigenvalue weighted by molar-refractivity contribution is 0.162. The Labute approximate surface area is 224 Å². The van der Waals surface area contributed by atoms with E-state index in [1.54, 1.807) is 25.1 Å². The van der Waals surface area contributed by atoms with Crippen LogP contribution in [0.3, 0.4) is 0 Å². The zero-order valence-corrected chi connectivity index (χ0v) is 22.3. The van der Waals surface area contributed by atoms with Gasteiger partial charge in [-0.05, 0) is 80.4 Å². The summed E-state index contributed by atoms with van der Waals surface area (Å²) in [6.45, 7) is 11.2. The fourth-order valence-corrected chi connectivity index (χ4v) is 4.99. The van der Waals surface area contributed by atoms with Gasteiger partial charge in [0.25, 0.3) is 0 Å². The van der Waals surface area contributed by atoms with Crippen LogP contribution >= 0.6 is 23.2 Å². The van der Waals surface area contributed by atoms with Crippen LogP contribution in [0.15, 0.2) is 83.0 Å². The summed E-state index contributed by atoms with van der Waals surface area (Å²) in [6, 6.07) is 18.0. The first kappa shape index (κ1) is 27.5. The summed E-state index contributed by atoms with van der Waals surface area (Å²) in [6.07, 6.45) is 5.03. The van der Waals surface area contributed by atoms with E-state index in [0.717, 1.165) is 43.6 Å². The van der Waals surface area contributed by atoms with Crippen molar-refractivity contribution >= 4 is 29.2 Å². The van der Waals surface area contributed by atoms with Gasteiger partial charge in [-0.15, -0.1) is 0 Å². The molecule has 0 bridgehead atoms. The number of nitrogens with one attached hydrogen (secondary N) is 2. The monoisotopic (exact) mass is 522 g/mol. The molecule has 1 aliphatic heterocycles. The summed E-state index contributed by atoms with van der Waals surface area (Å²) in [7, 11) is 0. The van der Waals surface area contributed by atoms with Crippen LogP contribution in [-0.2, 0) is 5.41 Å². The lowest BCUT2D eigenvalue weighted by Gasteiger charge is -2.42. The van der Waals surface area contributed by atoms with E-state index >= 15 is 0 Å². The molecule has 0 radical (unpaired) electrons. The maximum Gasteiger partial charge on any atom is 0.319 e. The van der Waals surface area contributed by atoms with Crippen LogP contribution in [0.4, 0.5) is 4.79 Å². The molecule has 0 atom stereocenters. The molecule has 188 valence electrons. The van der Waals surface area contributed by atoms with Crippen LogP contribution in [0, 0.1) is 11.3 Å². The Bertz CT molecular complexity index is 1180. The second-order valence-corrected chi connectivity index (χ2v) is 10.1. The first-order valence-electron chi connectivity index (χ1n) is 12.0. The minimum absolute atomic E-state index is 0.177. The van der Waals surface area contributed by atoms with Crippen molar-refractivity contribution in [3.8, 4) is 17.2 Å². The number of hydrogen-bond donors (Lipinski definition) is 2. The summed E-state index contributed by atoms with van der Waals surface area (Å²) < 4.78 is 0. The van der Waals surface area contributed by atoms with E-state index in [1.165, 1.54) is 5.56 Å². The average Bonchev–Trinajstić information content (AvgIpc) is 2.87. The molecule has 0 aliphatic carbocycles. The average molecular weight is 524 g/mol. The van der Waals surface area contributed by atoms with Gasteiger partial charge in [0, 0.05) is 27.7 Å². The van der Waals surface area contributed by atoms with Crippen molar-refractivity contribution < 1.29 is 4.79 Å². The number of hydrogen-bond acceptors (Lipinski definition) is 3. The third-order valence-corrected chi connectivity index (χ3v) is 6.92. The highest BCUT2D eigenvalue weighted by molar-refractivity contribution is 6.34. The van der Waals surface area contributed by atoms with Crippen molar-refractivity contribution in [2.75, 3.05) is 26.2 Å². The minimum atomic E-state index is -0.325. The first-order valence-corrected chi connectivity index (χ1v) is 12.8. The van der Waals surface area contributed by atoms with E-state index in [-0.39, 0.29) is 11.4 Å². The molecule has 2 aromatic carbocycles. The highest BCUT2D eigenvalue weighted by atomic mass is 35.5. The van der Waals surface area contributed by atoms with Crippen molar-refractivity contribution in [3.63, 3.8) is 0 Å². The molecule has 0 unspecified atom stereocenters. The number of allylic oxidation sites excluding steroid dienone is 4. The standard InChI is InChI=1S/C29H32Cl2N4O/c1-4-35-14-12-29(13-15-35,20-33-28(36)34-22(3)17-27(31)16-21(2)30)26-10-8-24(9-11-26)25-7-5-6-23(18-25)19-32/h5-11,16-18H,3-4,12-15,20H2,1-2H3,(H2,33,34,36)/b21-16+,27-17+. The first-order chi connectivity index (χ1) is 17.2. The van der Waals surface area contributed by atoms with Crippen molar-refractivity contribution in [1.82, 2.24) is 15.5 Å². The molecule has 3 rings (SSSR count). The Morgan fingerprint density at radius 3 is 2.44 bits per heavy atom. The molecule has 0 saturated carbocycles. The molecular formula is C29H32Cl2N4O. The molecule has 1 saturated heterocycles. The Morgan fingerprint density at radius 2 is 1.83 bits per heavy atom. The maximum atomic E-state index is 12.7. The van der Waals surface area contributed by atoms with E-state index in [4.69, 9.17) is 23.2 Å². The van der Waals surface area contributed by atoms with E-state index in [0.29, 0.717) is 27.9 Å². The number of rotatable bonds is 8. The van der Waals surface area contributed by atoms with Gasteiger partial charge >= 0.3 is 6.03 Å². The fraction of sp³-hybridized carbons (Fsp3) is 0.310. The van der Waals surface area contributed by atoms with Crippen LogP contribution in [0.2, 0.25) is 0 Å². The highest BCUT2D eigenvalue weighted by Crippen LogP contribution is 2.36. The smallest absolute Gasteiger partial charge is 0.319 e. The van der Waals surface area contributed by atoms with Gasteiger partial charge in [-0.1, -0.05) is 73.1 Å². The van der Waals surface area contributed by atoms with Crippen LogP contribution < -0.4 is 10.6 Å². The summed E-state index contributed by atoms with van der Waals surface area (Å²) >= 11 is 11.9. The van der Waals surface area contributed by atoms with Crippen molar-refractivity contribution in [1.29, 1.82) is 5.26 Å². The Morgan fingerprint density at radius 1 is 1.14 bits per heavy atom. The second kappa shape index (κ2) is 12.8. The number of carbonyl (C=O) groups excluding carboxylic acids is 1. The lowest BCUT2D eigenvalue weighted by Crippen LogP contribution is -2.50. The lowest BCUT2D eigenvalue weighted by atomic mass is 9.72. The molecule has 0 aromatic heterocycles. The van der Waals surface area contributed by atoms with Gasteiger partial charge in [0.15, 0.2) is 0 Å². The van der Waals surface area contributed by atoms with Gasteiger partial charge in [0.05, 0.1) is 11.6 Å². The Kier molecular flexibility index (Phi) is 9.78. The molecule has 0 spiro atoms. The zero-order chi connectivity index (χ0) is 26.1. The van der Waals surface area contributed by atoms with E-state index in [9.17, 15) is 10.1 Å². The largest absolute Gasteiger partial charge is 0.337 e. The van der Waals surface area contributed by atoms with Gasteiger partial charge in [-0.25, -0.2) is 4.79 Å². The number of benzene rings is 2. The number of amides is 2. The molecule has 2 aromatic rings. The molecule has 2 N–H and O–H groups in total. The molecule has 1 fully saturated rings. The van der Waals surface area contributed by atoms with E-state index < -0.39 is 0 Å². The SMILES string of the molecule is C=C(/C=C(Cl)\C=C(/C)Cl)NC(=O)NCC1(c2ccc(-c3cccc(C#N)c3)cc2)CCN(CC)CC1. The van der Waals surface area contributed by atoms with Gasteiger partial charge in [0.2, 0.25) is 0 Å². The molecule has 1 aliphatic rings. The number of carbonyl (C=O) groups is 1. The predicted molar refractivity (Wildman–Crippen MR) is 149 cm³/mol. The van der Waals surface area contributed by atoms with Crippen LogP contribution in [0.25, 0.3) is 11.1 Å². The summed E-state index contributed by atoms with van der Waals surface area (Å²) in [5.41, 5.74) is 4.11. The fourth-order valence-electron chi connectivity index (χ4n) is 4.52. The number of likely N-dealkylation sites (tertiary alicyclic amines) is 1. The van der Waals surface area contributed by atoms with Crippen molar-refractivity contribution in [2.24, 2.45) is 0 Å². The van der Waals surface area contributed by atoms with Gasteiger partial charge in [-0.2, -0.15) is 5.26 Å². The number of nitrogens with zero attached hydrogens (tertiary/aromatic N) is 2. The second-order valence-electron chi connectivity index (χ2n) is 9.08. The third-order valence-electron chi connectivity index (χ3n) is 6.59. The summed E-state index contributed by atoms with van der Waals surface area (Å²) in [4.78, 5) is 15.1. The molecule has 36 heavy (non-hydrogen) atoms. The summed E-state index contributed by atoms with van der Waals surface area (Å²) in [5.74, 6) is 0. The summed E-state index contributed by atoms with van der Waals surface area (Å²) in [5, 5.41) is 15.9. The molecule has 1 heterocycles. The number of piperidine rings is 1. The maximum absolute atomic E-state index is 12.7. The Balaban J connectivity index is 1.75. The van der Waals surface area contributed by atoms with Crippen LogP contribution in [-0.4, -0.2) is 37.1 Å². The van der Waals surface area contributed by atoms with Gasteiger partial charge in [-0.3, -0.25) is 0 Å². The van der Waals surface area contributed by atoms with Crippen LogP contribution in [0.5, 0.6) is 0 Å². The molecule has 5 nitrogen and oxygen atoms in total. The minimum Gasteiger partial charge on any atom is -0.337 e. The Hall–Kier alpha value is -3.04. The number of urea groups is 1.